The van der Waals surface area contributed by atoms with Crippen LogP contribution in [0.15, 0.2) is 0 Å². The standard InChI is InChI=1S/C15H30N2O/c1-12(2)10-15(3,11-16)17-14(18)9-8-13-6-4-5-7-13/h12-13H,4-11,16H2,1-3H3,(H,17,18). The summed E-state index contributed by atoms with van der Waals surface area (Å²) >= 11 is 0. The van der Waals surface area contributed by atoms with Crippen LogP contribution in [0.5, 0.6) is 0 Å². The molecule has 1 atom stereocenters. The molecule has 1 fully saturated rings. The summed E-state index contributed by atoms with van der Waals surface area (Å²) in [6, 6.07) is 0. The first-order valence-electron chi connectivity index (χ1n) is 7.46. The molecule has 0 saturated heterocycles. The summed E-state index contributed by atoms with van der Waals surface area (Å²) in [7, 11) is 0. The highest BCUT2D eigenvalue weighted by atomic mass is 16.1. The van der Waals surface area contributed by atoms with Crippen LogP contribution in [0.1, 0.15) is 65.7 Å². The molecule has 3 nitrogen and oxygen atoms in total. The molecule has 0 aromatic rings. The fourth-order valence-corrected chi connectivity index (χ4v) is 3.12. The van der Waals surface area contributed by atoms with Gasteiger partial charge in [0.15, 0.2) is 0 Å². The van der Waals surface area contributed by atoms with Crippen LogP contribution in [0.25, 0.3) is 0 Å². The Balaban J connectivity index is 2.31. The molecule has 18 heavy (non-hydrogen) atoms. The summed E-state index contributed by atoms with van der Waals surface area (Å²) in [6.45, 7) is 6.90. The number of hydrogen-bond donors (Lipinski definition) is 2. The number of nitrogens with one attached hydrogen (secondary N) is 1. The molecule has 1 rings (SSSR count). The Morgan fingerprint density at radius 2 is 2.00 bits per heavy atom. The molecule has 1 saturated carbocycles. The van der Waals surface area contributed by atoms with E-state index in [1.54, 1.807) is 0 Å². The van der Waals surface area contributed by atoms with Gasteiger partial charge in [-0.2, -0.15) is 0 Å². The van der Waals surface area contributed by atoms with E-state index >= 15 is 0 Å². The highest BCUT2D eigenvalue weighted by Gasteiger charge is 2.26. The third-order valence-corrected chi connectivity index (χ3v) is 4.00. The Labute approximate surface area is 112 Å². The van der Waals surface area contributed by atoms with E-state index in [9.17, 15) is 4.79 Å². The molecule has 3 heteroatoms. The number of nitrogens with two attached hydrogens (primary N) is 1. The molecule has 0 aromatic heterocycles. The number of hydrogen-bond acceptors (Lipinski definition) is 2. The number of amides is 1. The van der Waals surface area contributed by atoms with Gasteiger partial charge in [-0.3, -0.25) is 4.79 Å². The summed E-state index contributed by atoms with van der Waals surface area (Å²) < 4.78 is 0. The number of rotatable bonds is 7. The van der Waals surface area contributed by atoms with Crippen molar-refractivity contribution in [3.05, 3.63) is 0 Å². The highest BCUT2D eigenvalue weighted by Crippen LogP contribution is 2.28. The zero-order valence-corrected chi connectivity index (χ0v) is 12.3. The Morgan fingerprint density at radius 1 is 1.39 bits per heavy atom. The van der Waals surface area contributed by atoms with Crippen LogP contribution in [-0.4, -0.2) is 18.0 Å². The van der Waals surface area contributed by atoms with Crippen molar-refractivity contribution in [3.8, 4) is 0 Å². The first-order valence-corrected chi connectivity index (χ1v) is 7.46. The van der Waals surface area contributed by atoms with Crippen LogP contribution in [0.2, 0.25) is 0 Å². The van der Waals surface area contributed by atoms with Gasteiger partial charge < -0.3 is 11.1 Å². The first kappa shape index (κ1) is 15.5. The minimum Gasteiger partial charge on any atom is -0.350 e. The van der Waals surface area contributed by atoms with Crippen molar-refractivity contribution in [2.24, 2.45) is 17.6 Å². The Morgan fingerprint density at radius 3 is 2.50 bits per heavy atom. The summed E-state index contributed by atoms with van der Waals surface area (Å²) in [6.07, 6.45) is 7.98. The molecular formula is C15H30N2O. The van der Waals surface area contributed by atoms with Crippen molar-refractivity contribution in [2.45, 2.75) is 71.3 Å². The molecule has 1 unspecified atom stereocenters. The van der Waals surface area contributed by atoms with E-state index in [1.807, 2.05) is 0 Å². The molecule has 1 aliphatic carbocycles. The van der Waals surface area contributed by atoms with Crippen LogP contribution in [0, 0.1) is 11.8 Å². The van der Waals surface area contributed by atoms with Crippen molar-refractivity contribution in [1.29, 1.82) is 0 Å². The van der Waals surface area contributed by atoms with Gasteiger partial charge in [0, 0.05) is 18.5 Å². The highest BCUT2D eigenvalue weighted by molar-refractivity contribution is 5.76. The van der Waals surface area contributed by atoms with Gasteiger partial charge in [-0.1, -0.05) is 39.5 Å². The normalized spacial score (nSPS) is 20.1. The SMILES string of the molecule is CC(C)CC(C)(CN)NC(=O)CCC1CCCC1. The second kappa shape index (κ2) is 7.13. The van der Waals surface area contributed by atoms with Crippen molar-refractivity contribution in [2.75, 3.05) is 6.54 Å². The first-order chi connectivity index (χ1) is 8.45. The summed E-state index contributed by atoms with van der Waals surface area (Å²) in [5.41, 5.74) is 5.57. The van der Waals surface area contributed by atoms with E-state index in [-0.39, 0.29) is 11.4 Å². The van der Waals surface area contributed by atoms with Gasteiger partial charge in [0.2, 0.25) is 5.91 Å². The summed E-state index contributed by atoms with van der Waals surface area (Å²) in [4.78, 5) is 12.0. The van der Waals surface area contributed by atoms with E-state index < -0.39 is 0 Å². The maximum Gasteiger partial charge on any atom is 0.220 e. The minimum absolute atomic E-state index is 0.176. The average molecular weight is 254 g/mol. The van der Waals surface area contributed by atoms with Gasteiger partial charge in [0.1, 0.15) is 0 Å². The van der Waals surface area contributed by atoms with Crippen LogP contribution >= 0.6 is 0 Å². The van der Waals surface area contributed by atoms with Gasteiger partial charge in [0.05, 0.1) is 0 Å². The molecule has 106 valence electrons. The Kier molecular flexibility index (Phi) is 6.13. The molecule has 1 aliphatic rings. The molecule has 0 aliphatic heterocycles. The molecule has 0 aromatic carbocycles. The van der Waals surface area contributed by atoms with E-state index in [2.05, 4.69) is 26.1 Å². The van der Waals surface area contributed by atoms with E-state index in [0.29, 0.717) is 18.9 Å². The van der Waals surface area contributed by atoms with Gasteiger partial charge in [-0.25, -0.2) is 0 Å². The lowest BCUT2D eigenvalue weighted by molar-refractivity contribution is -0.123. The van der Waals surface area contributed by atoms with Gasteiger partial charge in [-0.05, 0) is 31.6 Å². The topological polar surface area (TPSA) is 55.1 Å². The molecule has 3 N–H and O–H groups in total. The van der Waals surface area contributed by atoms with Gasteiger partial charge in [-0.15, -0.1) is 0 Å². The molecule has 0 radical (unpaired) electrons. The van der Waals surface area contributed by atoms with Crippen molar-refractivity contribution in [3.63, 3.8) is 0 Å². The fourth-order valence-electron chi connectivity index (χ4n) is 3.12. The van der Waals surface area contributed by atoms with Crippen LogP contribution in [0.4, 0.5) is 0 Å². The molecule has 0 bridgehead atoms. The van der Waals surface area contributed by atoms with Crippen LogP contribution < -0.4 is 11.1 Å². The average Bonchev–Trinajstić information content (AvgIpc) is 2.78. The van der Waals surface area contributed by atoms with Crippen molar-refractivity contribution >= 4 is 5.91 Å². The maximum atomic E-state index is 12.0. The molecule has 1 amide bonds. The monoisotopic (exact) mass is 254 g/mol. The minimum atomic E-state index is -0.235. The second-order valence-electron chi connectivity index (χ2n) is 6.60. The van der Waals surface area contributed by atoms with E-state index in [4.69, 9.17) is 5.73 Å². The van der Waals surface area contributed by atoms with E-state index in [1.165, 1.54) is 25.7 Å². The van der Waals surface area contributed by atoms with Crippen LogP contribution in [-0.2, 0) is 4.79 Å². The van der Waals surface area contributed by atoms with E-state index in [0.717, 1.165) is 18.8 Å². The van der Waals surface area contributed by atoms with Crippen LogP contribution in [0.3, 0.4) is 0 Å². The van der Waals surface area contributed by atoms with Crippen molar-refractivity contribution < 1.29 is 4.79 Å². The zero-order valence-electron chi connectivity index (χ0n) is 12.3. The zero-order chi connectivity index (χ0) is 13.6. The Bertz CT molecular complexity index is 259. The smallest absolute Gasteiger partial charge is 0.220 e. The predicted octanol–water partition coefficient (Wildman–Crippen LogP) is 2.84. The number of carbonyl (C=O) groups excluding carboxylic acids is 1. The number of carbonyl (C=O) groups is 1. The quantitative estimate of drug-likeness (QED) is 0.734. The fraction of sp³-hybridized carbons (Fsp3) is 0.933. The lowest BCUT2D eigenvalue weighted by atomic mass is 9.90. The Hall–Kier alpha value is -0.570. The van der Waals surface area contributed by atoms with Gasteiger partial charge in [0.25, 0.3) is 0 Å². The summed E-state index contributed by atoms with van der Waals surface area (Å²) in [5, 5.41) is 3.13. The largest absolute Gasteiger partial charge is 0.350 e. The van der Waals surface area contributed by atoms with Gasteiger partial charge >= 0.3 is 0 Å². The molecule has 0 heterocycles. The third-order valence-electron chi connectivity index (χ3n) is 4.00. The maximum absolute atomic E-state index is 12.0. The predicted molar refractivity (Wildman–Crippen MR) is 76.2 cm³/mol. The lowest BCUT2D eigenvalue weighted by Crippen LogP contribution is -2.52. The molecular weight excluding hydrogens is 224 g/mol. The summed E-state index contributed by atoms with van der Waals surface area (Å²) in [5.74, 6) is 1.51. The third kappa shape index (κ3) is 5.38. The lowest BCUT2D eigenvalue weighted by Gasteiger charge is -2.31. The second-order valence-corrected chi connectivity index (χ2v) is 6.60. The molecule has 0 spiro atoms. The van der Waals surface area contributed by atoms with Crippen molar-refractivity contribution in [1.82, 2.24) is 5.32 Å².